The molecular formula is C38H66O4Si. The van der Waals surface area contributed by atoms with Crippen LogP contribution in [0.1, 0.15) is 151 Å². The van der Waals surface area contributed by atoms with Gasteiger partial charge in [-0.15, -0.1) is 0 Å². The molecule has 1 N–H and O–H groups in total. The predicted molar refractivity (Wildman–Crippen MR) is 181 cm³/mol. The van der Waals surface area contributed by atoms with Crippen molar-refractivity contribution < 1.29 is 19.1 Å². The third-order valence-corrected chi connectivity index (χ3v) is 18.7. The molecule has 0 aromatic carbocycles. The second-order valence-corrected chi connectivity index (χ2v) is 22.5. The minimum atomic E-state index is -1.61. The lowest BCUT2D eigenvalue weighted by Crippen LogP contribution is -2.55. The highest BCUT2D eigenvalue weighted by Crippen LogP contribution is 2.71. The Morgan fingerprint density at radius 2 is 1.53 bits per heavy atom. The minimum absolute atomic E-state index is 0.102. The first-order chi connectivity index (χ1) is 20.0. The molecule has 246 valence electrons. The van der Waals surface area contributed by atoms with Gasteiger partial charge in [-0.05, 0) is 115 Å². The van der Waals surface area contributed by atoms with Crippen LogP contribution in [0.4, 0.5) is 0 Å². The highest BCUT2D eigenvalue weighted by molar-refractivity contribution is 6.74. The van der Waals surface area contributed by atoms with Gasteiger partial charge in [0, 0.05) is 13.0 Å². The third kappa shape index (κ3) is 7.23. The van der Waals surface area contributed by atoms with Gasteiger partial charge in [0.2, 0.25) is 0 Å². The first-order valence-corrected chi connectivity index (χ1v) is 21.0. The molecule has 0 spiro atoms. The monoisotopic (exact) mass is 614 g/mol. The van der Waals surface area contributed by atoms with Gasteiger partial charge in [0.05, 0.1) is 6.42 Å². The number of hydrogen-bond acceptors (Lipinski definition) is 3. The first kappa shape index (κ1) is 34.9. The second-order valence-electron chi connectivity index (χ2n) is 17.7. The zero-order valence-electron chi connectivity index (χ0n) is 29.3. The van der Waals surface area contributed by atoms with Gasteiger partial charge in [-0.3, -0.25) is 9.59 Å². The van der Waals surface area contributed by atoms with E-state index in [-0.39, 0.29) is 16.2 Å². The zero-order chi connectivity index (χ0) is 31.7. The summed E-state index contributed by atoms with van der Waals surface area (Å²) in [6.07, 6.45) is 21.5. The van der Waals surface area contributed by atoms with E-state index in [1.165, 1.54) is 76.2 Å². The van der Waals surface area contributed by atoms with E-state index in [4.69, 9.17) is 4.43 Å². The Kier molecular flexibility index (Phi) is 10.9. The smallest absolute Gasteiger partial charge is 0.303 e. The summed E-state index contributed by atoms with van der Waals surface area (Å²) >= 11 is 0. The molecule has 7 atom stereocenters. The second kappa shape index (κ2) is 13.4. The van der Waals surface area contributed by atoms with Crippen molar-refractivity contribution in [3.63, 3.8) is 0 Å². The van der Waals surface area contributed by atoms with E-state index < -0.39 is 14.3 Å². The van der Waals surface area contributed by atoms with E-state index in [0.717, 1.165) is 32.3 Å². The molecule has 3 fully saturated rings. The fourth-order valence-electron chi connectivity index (χ4n) is 10.1. The van der Waals surface area contributed by atoms with Crippen molar-refractivity contribution in [3.8, 4) is 0 Å². The van der Waals surface area contributed by atoms with Crippen LogP contribution in [-0.2, 0) is 14.0 Å². The fourth-order valence-corrected chi connectivity index (χ4v) is 11.2. The number of carbonyl (C=O) groups is 2. The largest absolute Gasteiger partial charge is 0.481 e. The summed E-state index contributed by atoms with van der Waals surface area (Å²) < 4.78 is 6.34. The number of aliphatic carboxylic acids is 1. The maximum atomic E-state index is 12.5. The zero-order valence-corrected chi connectivity index (χ0v) is 30.3. The number of hydrogen-bond donors (Lipinski definition) is 1. The van der Waals surface area contributed by atoms with Crippen LogP contribution in [-0.4, -0.2) is 31.8 Å². The maximum absolute atomic E-state index is 12.5. The summed E-state index contributed by atoms with van der Waals surface area (Å²) in [5.41, 5.74) is 1.64. The molecule has 0 aliphatic heterocycles. The number of allylic oxidation sites excluding steroid dienone is 1. The average molecular weight is 615 g/mol. The Labute approximate surface area is 265 Å². The number of ketones is 1. The maximum Gasteiger partial charge on any atom is 0.303 e. The van der Waals surface area contributed by atoms with Crippen LogP contribution >= 0.6 is 0 Å². The minimum Gasteiger partial charge on any atom is -0.481 e. The van der Waals surface area contributed by atoms with Crippen LogP contribution in [0.15, 0.2) is 11.6 Å². The third-order valence-electron chi connectivity index (χ3n) is 14.2. The molecule has 4 nitrogen and oxygen atoms in total. The molecule has 0 aromatic rings. The summed E-state index contributed by atoms with van der Waals surface area (Å²) in [6, 6.07) is 0. The van der Waals surface area contributed by atoms with Gasteiger partial charge >= 0.3 is 5.97 Å². The molecule has 4 aliphatic rings. The molecular weight excluding hydrogens is 549 g/mol. The van der Waals surface area contributed by atoms with E-state index in [0.29, 0.717) is 47.3 Å². The molecule has 0 bridgehead atoms. The molecule has 0 unspecified atom stereocenters. The molecule has 0 aromatic heterocycles. The molecule has 0 saturated heterocycles. The number of carboxylic acids is 1. The van der Waals surface area contributed by atoms with Crippen LogP contribution in [0.5, 0.6) is 0 Å². The van der Waals surface area contributed by atoms with Gasteiger partial charge in [-0.25, -0.2) is 0 Å². The van der Waals surface area contributed by atoms with Crippen molar-refractivity contribution in [3.05, 3.63) is 11.6 Å². The van der Waals surface area contributed by atoms with Crippen molar-refractivity contribution >= 4 is 20.1 Å². The van der Waals surface area contributed by atoms with Gasteiger partial charge in [0.25, 0.3) is 0 Å². The van der Waals surface area contributed by atoms with Crippen LogP contribution < -0.4 is 0 Å². The molecule has 4 rings (SSSR count). The van der Waals surface area contributed by atoms with Gasteiger partial charge in [-0.1, -0.05) is 92.1 Å². The van der Waals surface area contributed by atoms with E-state index in [1.54, 1.807) is 0 Å². The van der Waals surface area contributed by atoms with Gasteiger partial charge in [-0.2, -0.15) is 0 Å². The summed E-state index contributed by atoms with van der Waals surface area (Å²) in [7, 11) is -1.61. The number of carboxylic acid groups (broad SMARTS) is 1. The van der Waals surface area contributed by atoms with Gasteiger partial charge < -0.3 is 9.53 Å². The Hall–Kier alpha value is -0.943. The highest BCUT2D eigenvalue weighted by atomic mass is 28.4. The fraction of sp³-hybridized carbons (Fsp3) is 0.895. The molecule has 5 heteroatoms. The van der Waals surface area contributed by atoms with Crippen LogP contribution in [0.3, 0.4) is 0 Å². The molecule has 43 heavy (non-hydrogen) atoms. The molecule has 0 radical (unpaired) electrons. The van der Waals surface area contributed by atoms with E-state index in [2.05, 4.69) is 60.7 Å². The average Bonchev–Trinajstić information content (AvgIpc) is 3.16. The number of carbonyl (C=O) groups excluding carboxylic acids is 1. The number of rotatable bonds is 14. The lowest BCUT2D eigenvalue weighted by molar-refractivity contribution is -0.145. The normalized spacial score (nSPS) is 36.1. The van der Waals surface area contributed by atoms with Crippen molar-refractivity contribution in [2.45, 2.75) is 169 Å². The number of fused-ring (bicyclic) bond motifs is 5. The SMILES string of the molecule is CC(C)(C)[Si](C)(C)OCCCCCCCCCC[C@@H]1CC2=CC(=O)CC[C@]2(C)[C@H]2CC[C@@]3(C)[C@@H](CC[C@]3(C)CC(=O)O)[C@H]12. The Bertz CT molecular complexity index is 1030. The first-order valence-electron chi connectivity index (χ1n) is 18.1. The number of unbranched alkanes of at least 4 members (excludes halogenated alkanes) is 7. The van der Waals surface area contributed by atoms with E-state index in [9.17, 15) is 14.7 Å². The summed E-state index contributed by atoms with van der Waals surface area (Å²) in [5.74, 6) is 2.31. The lowest BCUT2D eigenvalue weighted by atomic mass is 9.43. The Balaban J connectivity index is 1.29. The predicted octanol–water partition coefficient (Wildman–Crippen LogP) is 10.8. The van der Waals surface area contributed by atoms with E-state index in [1.807, 2.05) is 0 Å². The molecule has 0 heterocycles. The molecule has 4 aliphatic carbocycles. The van der Waals surface area contributed by atoms with Crippen molar-refractivity contribution in [2.75, 3.05) is 6.61 Å². The van der Waals surface area contributed by atoms with Crippen molar-refractivity contribution in [2.24, 2.45) is 39.9 Å². The van der Waals surface area contributed by atoms with Crippen LogP contribution in [0.25, 0.3) is 0 Å². The summed E-state index contributed by atoms with van der Waals surface area (Å²) in [6.45, 7) is 19.8. The van der Waals surface area contributed by atoms with Crippen molar-refractivity contribution in [1.82, 2.24) is 0 Å². The molecule has 0 amide bonds. The topological polar surface area (TPSA) is 63.6 Å². The standard InChI is InChI=1S/C38H66O4Si/c1-35(2,3)43(7,8)42-24-16-14-12-10-9-11-13-15-17-28-25-29-26-30(39)18-22-37(29,5)31-20-23-38(6)32(34(28)31)19-21-36(38,4)27-33(40)41/h26,28,31-32,34H,9-25,27H2,1-8H3,(H,40,41)/t28-,31+,32+,34-,36-,37+,38+/m1/s1. The quantitative estimate of drug-likeness (QED) is 0.156. The van der Waals surface area contributed by atoms with Gasteiger partial charge in [0.1, 0.15) is 0 Å². The Morgan fingerprint density at radius 1 is 0.930 bits per heavy atom. The summed E-state index contributed by atoms with van der Waals surface area (Å²) in [4.78, 5) is 24.5. The summed E-state index contributed by atoms with van der Waals surface area (Å²) in [5, 5.41) is 10.1. The van der Waals surface area contributed by atoms with Crippen LogP contribution in [0, 0.1) is 39.9 Å². The van der Waals surface area contributed by atoms with Gasteiger partial charge in [0.15, 0.2) is 14.1 Å². The molecule has 3 saturated carbocycles. The highest BCUT2D eigenvalue weighted by Gasteiger charge is 2.64. The Morgan fingerprint density at radius 3 is 2.16 bits per heavy atom. The van der Waals surface area contributed by atoms with Crippen LogP contribution in [0.2, 0.25) is 18.1 Å². The van der Waals surface area contributed by atoms with Crippen molar-refractivity contribution in [1.29, 1.82) is 0 Å². The lowest BCUT2D eigenvalue weighted by Gasteiger charge is -2.62. The van der Waals surface area contributed by atoms with E-state index >= 15 is 0 Å².